The lowest BCUT2D eigenvalue weighted by Gasteiger charge is -2.14. The van der Waals surface area contributed by atoms with Gasteiger partial charge in [-0.15, -0.1) is 0 Å². The van der Waals surface area contributed by atoms with E-state index in [1.807, 2.05) is 0 Å². The molecule has 2 aromatic carbocycles. The molecule has 0 radical (unpaired) electrons. The molecule has 0 aliphatic heterocycles. The van der Waals surface area contributed by atoms with Gasteiger partial charge in [-0.05, 0) is 36.4 Å². The number of rotatable bonds is 2. The van der Waals surface area contributed by atoms with Crippen LogP contribution in [-0.4, -0.2) is 10.5 Å². The molecule has 0 unspecified atom stereocenters. The van der Waals surface area contributed by atoms with Crippen LogP contribution in [0.2, 0.25) is 0 Å². The van der Waals surface area contributed by atoms with Crippen molar-refractivity contribution in [2.45, 2.75) is 0 Å². The Hall–Kier alpha value is -3.02. The summed E-state index contributed by atoms with van der Waals surface area (Å²) in [5.74, 6) is -2.70. The molecule has 3 aromatic rings. The smallest absolute Gasteiger partial charge is 0.257 e. The first-order valence-electron chi connectivity index (χ1n) is 6.39. The molecule has 0 atom stereocenters. The zero-order valence-corrected chi connectivity index (χ0v) is 11.2. The number of amides is 1. The predicted octanol–water partition coefficient (Wildman–Crippen LogP) is 2.37. The van der Waals surface area contributed by atoms with Crippen LogP contribution in [0.3, 0.4) is 0 Å². The fourth-order valence-electron chi connectivity index (χ4n) is 2.36. The molecule has 3 rings (SSSR count). The fraction of sp³-hybridized carbons (Fsp3) is 0. The van der Waals surface area contributed by atoms with E-state index >= 15 is 0 Å². The average Bonchev–Trinajstić information content (AvgIpc) is 2.49. The van der Waals surface area contributed by atoms with Crippen LogP contribution in [0, 0.1) is 11.8 Å². The summed E-state index contributed by atoms with van der Waals surface area (Å²) in [5.41, 5.74) is 4.18. The maximum absolute atomic E-state index is 14.7. The summed E-state index contributed by atoms with van der Waals surface area (Å²) >= 11 is 0. The Bertz CT molecular complexity index is 947. The highest BCUT2D eigenvalue weighted by Gasteiger charge is 2.21. The van der Waals surface area contributed by atoms with Gasteiger partial charge in [0.15, 0.2) is 0 Å². The number of pyridine rings is 1. The Kier molecular flexibility index (Phi) is 3.21. The van der Waals surface area contributed by atoms with E-state index < -0.39 is 28.7 Å². The lowest BCUT2D eigenvalue weighted by molar-refractivity contribution is 0.0994. The third-order valence-corrected chi connectivity index (χ3v) is 3.35. The number of hydrogen-bond acceptors (Lipinski definition) is 2. The van der Waals surface area contributed by atoms with Crippen molar-refractivity contribution >= 4 is 16.8 Å². The van der Waals surface area contributed by atoms with Crippen molar-refractivity contribution in [3.63, 3.8) is 0 Å². The van der Waals surface area contributed by atoms with Crippen LogP contribution in [0.4, 0.5) is 8.78 Å². The van der Waals surface area contributed by atoms with E-state index in [0.717, 1.165) is 16.7 Å². The quantitative estimate of drug-likeness (QED) is 0.738. The van der Waals surface area contributed by atoms with Crippen LogP contribution in [0.1, 0.15) is 10.4 Å². The highest BCUT2D eigenvalue weighted by Crippen LogP contribution is 2.21. The van der Waals surface area contributed by atoms with Crippen molar-refractivity contribution in [2.24, 2.45) is 5.73 Å². The van der Waals surface area contributed by atoms with Gasteiger partial charge in [-0.3, -0.25) is 14.2 Å². The molecule has 1 heterocycles. The van der Waals surface area contributed by atoms with Crippen LogP contribution in [0.15, 0.2) is 53.3 Å². The van der Waals surface area contributed by atoms with Gasteiger partial charge in [-0.25, -0.2) is 4.39 Å². The maximum Gasteiger partial charge on any atom is 0.257 e. The zero-order valence-electron chi connectivity index (χ0n) is 11.2. The molecule has 110 valence electrons. The van der Waals surface area contributed by atoms with Crippen LogP contribution in [0.25, 0.3) is 16.6 Å². The number of halogens is 2. The van der Waals surface area contributed by atoms with Gasteiger partial charge < -0.3 is 5.73 Å². The van der Waals surface area contributed by atoms with Crippen molar-refractivity contribution in [1.29, 1.82) is 0 Å². The topological polar surface area (TPSA) is 65.1 Å². The summed E-state index contributed by atoms with van der Waals surface area (Å²) in [4.78, 5) is 23.6. The minimum atomic E-state index is -1.15. The van der Waals surface area contributed by atoms with Crippen LogP contribution >= 0.6 is 0 Å². The van der Waals surface area contributed by atoms with Crippen molar-refractivity contribution in [1.82, 2.24) is 4.57 Å². The summed E-state index contributed by atoms with van der Waals surface area (Å²) in [7, 11) is 0. The average molecular weight is 300 g/mol. The van der Waals surface area contributed by atoms with E-state index in [2.05, 4.69) is 0 Å². The molecule has 0 spiro atoms. The van der Waals surface area contributed by atoms with Gasteiger partial charge in [0.05, 0.1) is 5.52 Å². The molecule has 1 aromatic heterocycles. The minimum Gasteiger partial charge on any atom is -0.365 e. The highest BCUT2D eigenvalue weighted by atomic mass is 19.1. The summed E-state index contributed by atoms with van der Waals surface area (Å²) in [6, 6.07) is 11.3. The molecule has 0 aliphatic carbocycles. The number of primary amides is 1. The Morgan fingerprint density at radius 3 is 2.27 bits per heavy atom. The molecule has 0 aliphatic rings. The lowest BCUT2D eigenvalue weighted by Crippen LogP contribution is -2.27. The molecule has 0 fully saturated rings. The monoisotopic (exact) mass is 300 g/mol. The number of fused-ring (bicyclic) bond motifs is 1. The normalized spacial score (nSPS) is 10.8. The number of aromatic nitrogens is 1. The third kappa shape index (κ3) is 2.05. The summed E-state index contributed by atoms with van der Waals surface area (Å²) < 4.78 is 28.8. The molecule has 0 saturated heterocycles. The number of nitrogens with two attached hydrogens (primary N) is 1. The molecule has 2 N–H and O–H groups in total. The Morgan fingerprint density at radius 2 is 1.64 bits per heavy atom. The predicted molar refractivity (Wildman–Crippen MR) is 78.0 cm³/mol. The van der Waals surface area contributed by atoms with E-state index in [1.54, 1.807) is 12.1 Å². The molecular weight excluding hydrogens is 290 g/mol. The summed E-state index contributed by atoms with van der Waals surface area (Å²) in [5, 5.41) is 0.155. The van der Waals surface area contributed by atoms with Crippen LogP contribution in [0.5, 0.6) is 0 Å². The zero-order chi connectivity index (χ0) is 15.9. The van der Waals surface area contributed by atoms with Gasteiger partial charge in [0, 0.05) is 11.1 Å². The van der Waals surface area contributed by atoms with Crippen LogP contribution in [-0.2, 0) is 0 Å². The molecule has 4 nitrogen and oxygen atoms in total. The molecule has 1 amide bonds. The van der Waals surface area contributed by atoms with Gasteiger partial charge in [0.1, 0.15) is 11.4 Å². The fourth-order valence-corrected chi connectivity index (χ4v) is 2.36. The van der Waals surface area contributed by atoms with Gasteiger partial charge in [-0.2, -0.15) is 4.39 Å². The summed E-state index contributed by atoms with van der Waals surface area (Å²) in [6.07, 6.45) is 0. The number of nitrogens with zero attached hydrogens (tertiary/aromatic N) is 1. The van der Waals surface area contributed by atoms with E-state index in [9.17, 15) is 18.4 Å². The molecule has 6 heteroatoms. The number of hydrogen-bond donors (Lipinski definition) is 1. The Labute approximate surface area is 123 Å². The largest absolute Gasteiger partial charge is 0.365 e. The maximum atomic E-state index is 14.7. The number of carbonyl (C=O) groups excluding carboxylic acids is 1. The highest BCUT2D eigenvalue weighted by molar-refractivity contribution is 5.97. The standard InChI is InChI=1S/C16H10F2N2O2/c17-9-5-7-10(8-6-9)20-12-4-2-1-3-11(12)14(21)13(15(20)18)16(19)22/h1-8H,(H2,19,22). The van der Waals surface area contributed by atoms with Crippen molar-refractivity contribution < 1.29 is 13.6 Å². The SMILES string of the molecule is NC(=O)c1c(F)n(-c2ccc(F)cc2)c2ccccc2c1=O. The van der Waals surface area contributed by atoms with E-state index in [4.69, 9.17) is 5.73 Å². The molecule has 0 saturated carbocycles. The Morgan fingerprint density at radius 1 is 1.00 bits per heavy atom. The summed E-state index contributed by atoms with van der Waals surface area (Å²) in [6.45, 7) is 0. The third-order valence-electron chi connectivity index (χ3n) is 3.35. The second-order valence-electron chi connectivity index (χ2n) is 4.69. The van der Waals surface area contributed by atoms with Gasteiger partial charge >= 0.3 is 0 Å². The number of benzene rings is 2. The van der Waals surface area contributed by atoms with Crippen molar-refractivity contribution in [3.8, 4) is 5.69 Å². The van der Waals surface area contributed by atoms with Crippen molar-refractivity contribution in [2.75, 3.05) is 0 Å². The van der Waals surface area contributed by atoms with E-state index in [1.165, 1.54) is 24.3 Å². The molecule has 0 bridgehead atoms. The lowest BCUT2D eigenvalue weighted by atomic mass is 10.1. The number of carbonyl (C=O) groups is 1. The second kappa shape index (κ2) is 5.07. The van der Waals surface area contributed by atoms with E-state index in [-0.39, 0.29) is 16.6 Å². The van der Waals surface area contributed by atoms with Crippen molar-refractivity contribution in [3.05, 3.63) is 76.1 Å². The molecular formula is C16H10F2N2O2. The van der Waals surface area contributed by atoms with Gasteiger partial charge in [-0.1, -0.05) is 12.1 Å². The molecule has 22 heavy (non-hydrogen) atoms. The first-order chi connectivity index (χ1) is 10.5. The Balaban J connectivity index is 2.50. The number of para-hydroxylation sites is 1. The first kappa shape index (κ1) is 13.9. The van der Waals surface area contributed by atoms with Gasteiger partial charge in [0.2, 0.25) is 11.4 Å². The van der Waals surface area contributed by atoms with Crippen LogP contribution < -0.4 is 11.2 Å². The second-order valence-corrected chi connectivity index (χ2v) is 4.69. The minimum absolute atomic E-state index is 0.155. The first-order valence-corrected chi connectivity index (χ1v) is 6.39. The van der Waals surface area contributed by atoms with Gasteiger partial charge in [0.25, 0.3) is 5.91 Å². The van der Waals surface area contributed by atoms with E-state index in [0.29, 0.717) is 0 Å².